The lowest BCUT2D eigenvalue weighted by Crippen LogP contribution is -2.34. The highest BCUT2D eigenvalue weighted by Gasteiger charge is 2.42. The highest BCUT2D eigenvalue weighted by atomic mass is 16.3. The van der Waals surface area contributed by atoms with Gasteiger partial charge in [0.2, 0.25) is 0 Å². The molecule has 0 aromatic rings. The van der Waals surface area contributed by atoms with Crippen LogP contribution in [0.3, 0.4) is 0 Å². The molecule has 2 nitrogen and oxygen atoms in total. The fraction of sp³-hybridized carbons (Fsp3) is 1.00. The molecule has 2 saturated carbocycles. The van der Waals surface area contributed by atoms with Crippen molar-refractivity contribution in [2.75, 3.05) is 13.2 Å². The highest BCUT2D eigenvalue weighted by molar-refractivity contribution is 4.96. The Labute approximate surface area is 87.1 Å². The molecular weight excluding hydrogens is 174 g/mol. The van der Waals surface area contributed by atoms with Gasteiger partial charge in [-0.15, -0.1) is 0 Å². The molecule has 82 valence electrons. The Morgan fingerprint density at radius 3 is 2.43 bits per heavy atom. The largest absolute Gasteiger partial charge is 0.396 e. The van der Waals surface area contributed by atoms with Crippen molar-refractivity contribution in [1.29, 1.82) is 0 Å². The van der Waals surface area contributed by atoms with Crippen LogP contribution in [0.15, 0.2) is 0 Å². The van der Waals surface area contributed by atoms with E-state index in [0.29, 0.717) is 18.1 Å². The quantitative estimate of drug-likeness (QED) is 0.722. The van der Waals surface area contributed by atoms with Gasteiger partial charge in [0.05, 0.1) is 0 Å². The van der Waals surface area contributed by atoms with E-state index < -0.39 is 0 Å². The van der Waals surface area contributed by atoms with E-state index in [9.17, 15) is 5.11 Å². The minimum atomic E-state index is 0.271. The van der Waals surface area contributed by atoms with Gasteiger partial charge in [-0.1, -0.05) is 13.8 Å². The first kappa shape index (κ1) is 10.4. The zero-order valence-electron chi connectivity index (χ0n) is 9.47. The van der Waals surface area contributed by atoms with Gasteiger partial charge in [0, 0.05) is 24.6 Å². The third-order valence-corrected chi connectivity index (χ3v) is 4.03. The minimum Gasteiger partial charge on any atom is -0.396 e. The molecule has 2 N–H and O–H groups in total. The average molecular weight is 197 g/mol. The third-order valence-electron chi connectivity index (χ3n) is 4.03. The van der Waals surface area contributed by atoms with Crippen molar-refractivity contribution in [2.24, 2.45) is 10.8 Å². The molecule has 2 heteroatoms. The molecule has 2 fully saturated rings. The van der Waals surface area contributed by atoms with Crippen LogP contribution in [0.2, 0.25) is 0 Å². The summed E-state index contributed by atoms with van der Waals surface area (Å²) < 4.78 is 0. The predicted octanol–water partition coefficient (Wildman–Crippen LogP) is 1.93. The van der Waals surface area contributed by atoms with Crippen LogP contribution in [0.4, 0.5) is 0 Å². The second-order valence-corrected chi connectivity index (χ2v) is 6.14. The molecule has 0 radical (unpaired) electrons. The van der Waals surface area contributed by atoms with Crippen molar-refractivity contribution in [3.63, 3.8) is 0 Å². The Bertz CT molecular complexity index is 208. The van der Waals surface area contributed by atoms with Crippen LogP contribution >= 0.6 is 0 Å². The Morgan fingerprint density at radius 1 is 1.29 bits per heavy atom. The van der Waals surface area contributed by atoms with E-state index in [-0.39, 0.29) is 5.41 Å². The van der Waals surface area contributed by atoms with E-state index in [1.54, 1.807) is 0 Å². The standard InChI is InChI=1S/C12H23NO/c1-11(2)4-3-10(7-11)13-8-12(9-14)5-6-12/h10,13-14H,3-9H2,1-2H3. The summed E-state index contributed by atoms with van der Waals surface area (Å²) in [6.07, 6.45) is 6.39. The maximum Gasteiger partial charge on any atom is 0.0499 e. The third kappa shape index (κ3) is 2.29. The first-order valence-electron chi connectivity index (χ1n) is 5.90. The maximum atomic E-state index is 9.19. The molecule has 0 aliphatic heterocycles. The molecule has 0 aromatic carbocycles. The average Bonchev–Trinajstić information content (AvgIpc) is 2.84. The highest BCUT2D eigenvalue weighted by Crippen LogP contribution is 2.45. The molecule has 0 spiro atoms. The van der Waals surface area contributed by atoms with Gasteiger partial charge in [-0.25, -0.2) is 0 Å². The van der Waals surface area contributed by atoms with E-state index in [0.717, 1.165) is 6.54 Å². The van der Waals surface area contributed by atoms with Crippen molar-refractivity contribution in [3.8, 4) is 0 Å². The van der Waals surface area contributed by atoms with Crippen LogP contribution in [-0.2, 0) is 0 Å². The van der Waals surface area contributed by atoms with Crippen LogP contribution < -0.4 is 5.32 Å². The predicted molar refractivity (Wildman–Crippen MR) is 58.2 cm³/mol. The number of hydrogen-bond acceptors (Lipinski definition) is 2. The zero-order valence-corrected chi connectivity index (χ0v) is 9.47. The lowest BCUT2D eigenvalue weighted by Gasteiger charge is -2.20. The molecule has 0 saturated heterocycles. The van der Waals surface area contributed by atoms with Gasteiger partial charge >= 0.3 is 0 Å². The summed E-state index contributed by atoms with van der Waals surface area (Å²) in [5.41, 5.74) is 0.806. The van der Waals surface area contributed by atoms with Crippen LogP contribution in [-0.4, -0.2) is 24.3 Å². The van der Waals surface area contributed by atoms with E-state index in [4.69, 9.17) is 0 Å². The summed E-state index contributed by atoms with van der Waals surface area (Å²) in [4.78, 5) is 0. The van der Waals surface area contributed by atoms with Gasteiger partial charge in [-0.05, 0) is 37.5 Å². The second kappa shape index (κ2) is 3.49. The summed E-state index contributed by atoms with van der Waals surface area (Å²) in [5, 5.41) is 12.8. The molecule has 0 heterocycles. The number of aliphatic hydroxyl groups is 1. The fourth-order valence-electron chi connectivity index (χ4n) is 2.54. The van der Waals surface area contributed by atoms with Crippen LogP contribution in [0.25, 0.3) is 0 Å². The molecular formula is C12H23NO. The van der Waals surface area contributed by atoms with E-state index in [2.05, 4.69) is 19.2 Å². The van der Waals surface area contributed by atoms with Gasteiger partial charge in [0.1, 0.15) is 0 Å². The normalized spacial score (nSPS) is 33.2. The van der Waals surface area contributed by atoms with Gasteiger partial charge in [0.15, 0.2) is 0 Å². The lowest BCUT2D eigenvalue weighted by atomic mass is 9.92. The lowest BCUT2D eigenvalue weighted by molar-refractivity contribution is 0.203. The molecule has 14 heavy (non-hydrogen) atoms. The molecule has 1 unspecified atom stereocenters. The van der Waals surface area contributed by atoms with Crippen LogP contribution in [0.1, 0.15) is 46.0 Å². The van der Waals surface area contributed by atoms with E-state index in [1.165, 1.54) is 32.1 Å². The molecule has 0 amide bonds. The van der Waals surface area contributed by atoms with Gasteiger partial charge in [-0.2, -0.15) is 0 Å². The number of aliphatic hydroxyl groups excluding tert-OH is 1. The summed E-state index contributed by atoms with van der Waals surface area (Å²) in [6, 6.07) is 0.703. The molecule has 2 rings (SSSR count). The van der Waals surface area contributed by atoms with Gasteiger partial charge < -0.3 is 10.4 Å². The summed E-state index contributed by atoms with van der Waals surface area (Å²) in [7, 11) is 0. The molecule has 0 aromatic heterocycles. The number of nitrogens with one attached hydrogen (secondary N) is 1. The number of rotatable bonds is 4. The van der Waals surface area contributed by atoms with Crippen LogP contribution in [0, 0.1) is 10.8 Å². The Morgan fingerprint density at radius 2 is 2.00 bits per heavy atom. The van der Waals surface area contributed by atoms with Gasteiger partial charge in [-0.3, -0.25) is 0 Å². The topological polar surface area (TPSA) is 32.3 Å². The Hall–Kier alpha value is -0.0800. The Balaban J connectivity index is 1.72. The summed E-state index contributed by atoms with van der Waals surface area (Å²) in [6.45, 7) is 6.11. The Kier molecular flexibility index (Phi) is 2.61. The second-order valence-electron chi connectivity index (χ2n) is 6.14. The molecule has 2 aliphatic carbocycles. The summed E-state index contributed by atoms with van der Waals surface area (Å²) in [5.74, 6) is 0. The fourth-order valence-corrected chi connectivity index (χ4v) is 2.54. The van der Waals surface area contributed by atoms with Crippen molar-refractivity contribution in [1.82, 2.24) is 5.32 Å². The summed E-state index contributed by atoms with van der Waals surface area (Å²) >= 11 is 0. The van der Waals surface area contributed by atoms with Crippen LogP contribution in [0.5, 0.6) is 0 Å². The monoisotopic (exact) mass is 197 g/mol. The number of hydrogen-bond donors (Lipinski definition) is 2. The zero-order chi connectivity index (χ0) is 10.2. The maximum absolute atomic E-state index is 9.19. The van der Waals surface area contributed by atoms with Crippen molar-refractivity contribution < 1.29 is 5.11 Å². The molecule has 0 bridgehead atoms. The molecule has 2 aliphatic rings. The SMILES string of the molecule is CC1(C)CCC(NCC2(CO)CC2)C1. The molecule has 1 atom stereocenters. The van der Waals surface area contributed by atoms with Crippen molar-refractivity contribution in [3.05, 3.63) is 0 Å². The van der Waals surface area contributed by atoms with E-state index >= 15 is 0 Å². The first-order valence-corrected chi connectivity index (χ1v) is 5.90. The smallest absolute Gasteiger partial charge is 0.0499 e. The van der Waals surface area contributed by atoms with Gasteiger partial charge in [0.25, 0.3) is 0 Å². The van der Waals surface area contributed by atoms with Crippen molar-refractivity contribution >= 4 is 0 Å². The van der Waals surface area contributed by atoms with Crippen molar-refractivity contribution in [2.45, 2.75) is 52.0 Å². The first-order chi connectivity index (χ1) is 6.55. The van der Waals surface area contributed by atoms with E-state index in [1.807, 2.05) is 0 Å². The minimum absolute atomic E-state index is 0.271.